The summed E-state index contributed by atoms with van der Waals surface area (Å²) in [6, 6.07) is 30.2. The summed E-state index contributed by atoms with van der Waals surface area (Å²) in [6.45, 7) is 1.94. The van der Waals surface area contributed by atoms with Gasteiger partial charge in [-0.2, -0.15) is 0 Å². The van der Waals surface area contributed by atoms with E-state index in [-0.39, 0.29) is 11.6 Å². The molecule has 1 aromatic heterocycles. The molecule has 0 saturated heterocycles. The van der Waals surface area contributed by atoms with E-state index in [0.29, 0.717) is 38.4 Å². The average molecular weight is 688 g/mol. The maximum Gasteiger partial charge on any atom is 0.272 e. The summed E-state index contributed by atoms with van der Waals surface area (Å²) in [5, 5.41) is 11.7. The maximum atomic E-state index is 13.5. The molecule has 5 rings (SSSR count). The van der Waals surface area contributed by atoms with Crippen LogP contribution in [0.4, 0.5) is 10.8 Å². The highest BCUT2D eigenvalue weighted by Gasteiger charge is 2.21. The summed E-state index contributed by atoms with van der Waals surface area (Å²) in [6.07, 6.45) is 2.13. The minimum Gasteiger partial charge on any atom is -0.321 e. The van der Waals surface area contributed by atoms with Crippen LogP contribution in [0.25, 0.3) is 17.3 Å². The van der Waals surface area contributed by atoms with Crippen LogP contribution in [-0.2, 0) is 9.59 Å². The van der Waals surface area contributed by atoms with E-state index >= 15 is 0 Å². The molecule has 0 aliphatic carbocycles. The summed E-state index contributed by atoms with van der Waals surface area (Å²) >= 11 is 14.9. The molecule has 3 N–H and O–H groups in total. The Morgan fingerprint density at radius 1 is 0.870 bits per heavy atom. The Morgan fingerprint density at radius 3 is 2.37 bits per heavy atom. The topological polar surface area (TPSA) is 100 Å². The first kappa shape index (κ1) is 33.0. The van der Waals surface area contributed by atoms with Gasteiger partial charge in [-0.3, -0.25) is 14.4 Å². The molecule has 1 atom stereocenters. The lowest BCUT2D eigenvalue weighted by Crippen LogP contribution is -2.30. The quantitative estimate of drug-likeness (QED) is 0.0951. The van der Waals surface area contributed by atoms with Crippen LogP contribution in [0.3, 0.4) is 0 Å². The minimum absolute atomic E-state index is 0.0430. The predicted octanol–water partition coefficient (Wildman–Crippen LogP) is 9.04. The number of amides is 3. The molecule has 0 spiro atoms. The molecular formula is C35H28Cl2N4O3S2. The number of hydrogen-bond donors (Lipinski definition) is 3. The lowest BCUT2D eigenvalue weighted by Gasteiger charge is -2.15. The van der Waals surface area contributed by atoms with E-state index in [2.05, 4.69) is 20.9 Å². The first-order valence-electron chi connectivity index (χ1n) is 14.2. The first-order valence-corrected chi connectivity index (χ1v) is 16.7. The number of thiazole rings is 1. The van der Waals surface area contributed by atoms with Gasteiger partial charge in [0.25, 0.3) is 11.8 Å². The number of carbonyl (C=O) groups is 3. The molecule has 0 fully saturated rings. The average Bonchev–Trinajstić information content (AvgIpc) is 3.52. The molecule has 5 aromatic rings. The lowest BCUT2D eigenvalue weighted by atomic mass is 10.1. The number of anilines is 2. The van der Waals surface area contributed by atoms with Crippen LogP contribution in [-0.4, -0.2) is 28.0 Å². The number of rotatable bonds is 11. The third-order valence-corrected chi connectivity index (χ3v) is 9.20. The van der Waals surface area contributed by atoms with Gasteiger partial charge >= 0.3 is 0 Å². The smallest absolute Gasteiger partial charge is 0.272 e. The second-order valence-corrected chi connectivity index (χ2v) is 13.0. The van der Waals surface area contributed by atoms with Crippen molar-refractivity contribution in [1.29, 1.82) is 0 Å². The molecule has 4 aromatic carbocycles. The Morgan fingerprint density at radius 2 is 1.63 bits per heavy atom. The highest BCUT2D eigenvalue weighted by Crippen LogP contribution is 2.30. The van der Waals surface area contributed by atoms with Crippen molar-refractivity contribution in [3.8, 4) is 11.3 Å². The fourth-order valence-corrected chi connectivity index (χ4v) is 6.37. The molecular weight excluding hydrogens is 659 g/mol. The molecule has 46 heavy (non-hydrogen) atoms. The summed E-state index contributed by atoms with van der Waals surface area (Å²) in [5.74, 6) is -1.11. The molecule has 0 radical (unpaired) electrons. The van der Waals surface area contributed by atoms with Gasteiger partial charge in [-0.05, 0) is 72.7 Å². The first-order chi connectivity index (χ1) is 22.3. The number of nitrogens with one attached hydrogen (secondary N) is 3. The molecule has 0 bridgehead atoms. The molecule has 3 amide bonds. The van der Waals surface area contributed by atoms with Crippen molar-refractivity contribution in [1.82, 2.24) is 10.3 Å². The van der Waals surface area contributed by atoms with Crippen LogP contribution in [0, 0.1) is 0 Å². The molecule has 232 valence electrons. The lowest BCUT2D eigenvalue weighted by molar-refractivity contribution is -0.116. The number of carbonyl (C=O) groups excluding carboxylic acids is 3. The Bertz CT molecular complexity index is 1880. The maximum absolute atomic E-state index is 13.5. The van der Waals surface area contributed by atoms with Crippen molar-refractivity contribution in [3.63, 3.8) is 0 Å². The predicted molar refractivity (Wildman–Crippen MR) is 190 cm³/mol. The monoisotopic (exact) mass is 686 g/mol. The highest BCUT2D eigenvalue weighted by molar-refractivity contribution is 8.00. The van der Waals surface area contributed by atoms with E-state index < -0.39 is 17.1 Å². The van der Waals surface area contributed by atoms with Crippen LogP contribution in [0.2, 0.25) is 10.0 Å². The van der Waals surface area contributed by atoms with E-state index in [1.807, 2.05) is 36.6 Å². The van der Waals surface area contributed by atoms with Crippen LogP contribution < -0.4 is 16.0 Å². The van der Waals surface area contributed by atoms with Crippen molar-refractivity contribution in [2.24, 2.45) is 0 Å². The van der Waals surface area contributed by atoms with Crippen LogP contribution in [0.5, 0.6) is 0 Å². The van der Waals surface area contributed by atoms with Crippen molar-refractivity contribution < 1.29 is 14.4 Å². The highest BCUT2D eigenvalue weighted by atomic mass is 35.5. The van der Waals surface area contributed by atoms with E-state index in [1.54, 1.807) is 84.9 Å². The summed E-state index contributed by atoms with van der Waals surface area (Å²) in [7, 11) is 0. The van der Waals surface area contributed by atoms with E-state index in [4.69, 9.17) is 23.2 Å². The normalized spacial score (nSPS) is 11.8. The van der Waals surface area contributed by atoms with Gasteiger partial charge in [0.05, 0.1) is 10.9 Å². The van der Waals surface area contributed by atoms with E-state index in [0.717, 1.165) is 16.2 Å². The van der Waals surface area contributed by atoms with Crippen molar-refractivity contribution in [3.05, 3.63) is 135 Å². The van der Waals surface area contributed by atoms with Crippen molar-refractivity contribution in [2.75, 3.05) is 10.6 Å². The molecule has 0 aliphatic rings. The number of halogens is 2. The Labute approximate surface area is 285 Å². The molecule has 7 nitrogen and oxygen atoms in total. The van der Waals surface area contributed by atoms with E-state index in [9.17, 15) is 14.4 Å². The zero-order valence-corrected chi connectivity index (χ0v) is 27.6. The molecule has 1 unspecified atom stereocenters. The number of hydrogen-bond acceptors (Lipinski definition) is 6. The third kappa shape index (κ3) is 9.08. The van der Waals surface area contributed by atoms with Crippen LogP contribution in [0.1, 0.15) is 29.3 Å². The summed E-state index contributed by atoms with van der Waals surface area (Å²) < 4.78 is 0. The molecule has 11 heteroatoms. The number of benzene rings is 4. The zero-order chi connectivity index (χ0) is 32.5. The van der Waals surface area contributed by atoms with Crippen molar-refractivity contribution in [2.45, 2.75) is 23.5 Å². The van der Waals surface area contributed by atoms with Crippen LogP contribution in [0.15, 0.2) is 119 Å². The van der Waals surface area contributed by atoms with E-state index in [1.165, 1.54) is 23.1 Å². The van der Waals surface area contributed by atoms with Gasteiger partial charge in [0.1, 0.15) is 5.70 Å². The van der Waals surface area contributed by atoms with Crippen molar-refractivity contribution >= 4 is 80.9 Å². The van der Waals surface area contributed by atoms with Gasteiger partial charge in [0.15, 0.2) is 5.13 Å². The molecule has 0 saturated carbocycles. The van der Waals surface area contributed by atoms with Gasteiger partial charge < -0.3 is 16.0 Å². The van der Waals surface area contributed by atoms with Gasteiger partial charge in [0, 0.05) is 37.1 Å². The Hall–Kier alpha value is -4.41. The molecule has 0 aliphatic heterocycles. The summed E-state index contributed by atoms with van der Waals surface area (Å²) in [4.78, 5) is 45.0. The number of thioether (sulfide) groups is 1. The SMILES string of the molecule is CCC(Sc1cccc(NC(=O)/C(=C/c2cccc(Cl)c2)NC(=O)c2ccccc2)c1)C(=O)Nc1nc(-c2ccc(Cl)cc2)cs1. The fraction of sp³-hybridized carbons (Fsp3) is 0.0857. The second-order valence-electron chi connectivity index (χ2n) is 9.96. The van der Waals surface area contributed by atoms with Gasteiger partial charge in [-0.15, -0.1) is 23.1 Å². The Kier molecular flexibility index (Phi) is 11.3. The van der Waals surface area contributed by atoms with Gasteiger partial charge in [0.2, 0.25) is 5.91 Å². The second kappa shape index (κ2) is 15.7. The van der Waals surface area contributed by atoms with Crippen LogP contribution >= 0.6 is 46.3 Å². The number of nitrogens with zero attached hydrogens (tertiary/aromatic N) is 1. The van der Waals surface area contributed by atoms with Gasteiger partial charge in [-0.25, -0.2) is 4.98 Å². The Balaban J connectivity index is 1.27. The van der Waals surface area contributed by atoms with Gasteiger partial charge in [-0.1, -0.05) is 78.7 Å². The minimum atomic E-state index is -0.517. The summed E-state index contributed by atoms with van der Waals surface area (Å²) in [5.41, 5.74) is 3.27. The fourth-order valence-electron chi connectivity index (χ4n) is 4.31. The third-order valence-electron chi connectivity index (χ3n) is 6.60. The number of aromatic nitrogens is 1. The zero-order valence-electron chi connectivity index (χ0n) is 24.5. The largest absolute Gasteiger partial charge is 0.321 e. The molecule has 1 heterocycles. The standard InChI is InChI=1S/C35H28Cl2N4O3S2/c1-2-31(34(44)41-35-40-30(21-45-35)23-14-16-25(36)17-15-23)46-28-13-7-12-27(20-28)38-33(43)29(19-22-8-6-11-26(37)18-22)39-32(42)24-9-4-3-5-10-24/h3-21,31H,2H2,1H3,(H,38,43)(H,39,42)(H,40,41,44)/b29-19-.